The summed E-state index contributed by atoms with van der Waals surface area (Å²) in [5, 5.41) is 16.2. The van der Waals surface area contributed by atoms with Crippen LogP contribution in [0.3, 0.4) is 0 Å². The van der Waals surface area contributed by atoms with Crippen molar-refractivity contribution in [1.29, 1.82) is 0 Å². The summed E-state index contributed by atoms with van der Waals surface area (Å²) in [6.07, 6.45) is 6.54. The Balaban J connectivity index is 1.89. The van der Waals surface area contributed by atoms with Crippen LogP contribution >= 0.6 is 15.9 Å². The summed E-state index contributed by atoms with van der Waals surface area (Å²) < 4.78 is 0.893. The third-order valence-electron chi connectivity index (χ3n) is 3.71. The van der Waals surface area contributed by atoms with Crippen molar-refractivity contribution in [1.82, 2.24) is 9.97 Å². The zero-order valence-electron chi connectivity index (χ0n) is 11.9. The standard InChI is InChI=1S/C14H23BrN4O/c1-2-7-16-13-12(15)14(19-9-18-13)17-8-10-3-5-11(20)6-4-10/h9-11,20H,2-8H2,1H3,(H2,16,17,18,19). The van der Waals surface area contributed by atoms with Gasteiger partial charge in [-0.1, -0.05) is 6.92 Å². The second kappa shape index (κ2) is 7.78. The summed E-state index contributed by atoms with van der Waals surface area (Å²) in [5.41, 5.74) is 0. The van der Waals surface area contributed by atoms with Crippen molar-refractivity contribution in [2.75, 3.05) is 23.7 Å². The molecule has 1 saturated carbocycles. The normalized spacial score (nSPS) is 22.6. The molecule has 5 nitrogen and oxygen atoms in total. The molecule has 0 amide bonds. The fourth-order valence-electron chi connectivity index (χ4n) is 2.45. The maximum atomic E-state index is 9.52. The summed E-state index contributed by atoms with van der Waals surface area (Å²) in [4.78, 5) is 8.53. The van der Waals surface area contributed by atoms with Gasteiger partial charge in [0.05, 0.1) is 6.10 Å². The predicted octanol–water partition coefficient (Wildman–Crippen LogP) is 3.02. The largest absolute Gasteiger partial charge is 0.393 e. The first-order chi connectivity index (χ1) is 9.70. The second-order valence-corrected chi connectivity index (χ2v) is 6.16. The maximum Gasteiger partial charge on any atom is 0.145 e. The summed E-state index contributed by atoms with van der Waals surface area (Å²) >= 11 is 3.56. The molecule has 0 aromatic carbocycles. The van der Waals surface area contributed by atoms with Crippen molar-refractivity contribution in [2.45, 2.75) is 45.1 Å². The number of aliphatic hydroxyl groups excluding tert-OH is 1. The third kappa shape index (κ3) is 4.31. The van der Waals surface area contributed by atoms with E-state index in [0.29, 0.717) is 5.92 Å². The van der Waals surface area contributed by atoms with Crippen molar-refractivity contribution in [3.05, 3.63) is 10.8 Å². The van der Waals surface area contributed by atoms with Gasteiger partial charge in [0.25, 0.3) is 0 Å². The molecule has 0 radical (unpaired) electrons. The number of anilines is 2. The molecule has 1 heterocycles. The molecule has 0 aliphatic heterocycles. The number of halogens is 1. The lowest BCUT2D eigenvalue weighted by molar-refractivity contribution is 0.111. The van der Waals surface area contributed by atoms with E-state index in [1.807, 2.05) is 0 Å². The second-order valence-electron chi connectivity index (χ2n) is 5.37. The number of rotatable bonds is 6. The molecular formula is C14H23BrN4O. The summed E-state index contributed by atoms with van der Waals surface area (Å²) in [5.74, 6) is 2.29. The molecule has 1 fully saturated rings. The van der Waals surface area contributed by atoms with Crippen molar-refractivity contribution < 1.29 is 5.11 Å². The highest BCUT2D eigenvalue weighted by Crippen LogP contribution is 2.28. The molecule has 112 valence electrons. The van der Waals surface area contributed by atoms with Gasteiger partial charge < -0.3 is 15.7 Å². The molecule has 1 aliphatic carbocycles. The lowest BCUT2D eigenvalue weighted by Crippen LogP contribution is -2.24. The van der Waals surface area contributed by atoms with Gasteiger partial charge in [0.15, 0.2) is 0 Å². The van der Waals surface area contributed by atoms with Gasteiger partial charge >= 0.3 is 0 Å². The van der Waals surface area contributed by atoms with E-state index in [1.165, 1.54) is 0 Å². The molecule has 3 N–H and O–H groups in total. The Morgan fingerprint density at radius 3 is 2.50 bits per heavy atom. The first-order valence-electron chi connectivity index (χ1n) is 7.37. The van der Waals surface area contributed by atoms with Crippen LogP contribution in [0.2, 0.25) is 0 Å². The van der Waals surface area contributed by atoms with E-state index < -0.39 is 0 Å². The van der Waals surface area contributed by atoms with Crippen LogP contribution in [-0.2, 0) is 0 Å². The Bertz CT molecular complexity index is 422. The number of nitrogens with one attached hydrogen (secondary N) is 2. The van der Waals surface area contributed by atoms with Crippen LogP contribution in [0, 0.1) is 5.92 Å². The van der Waals surface area contributed by atoms with Gasteiger partial charge in [-0.25, -0.2) is 9.97 Å². The minimum atomic E-state index is -0.0955. The minimum absolute atomic E-state index is 0.0955. The molecule has 0 atom stereocenters. The predicted molar refractivity (Wildman–Crippen MR) is 85.0 cm³/mol. The summed E-state index contributed by atoms with van der Waals surface area (Å²) in [6.45, 7) is 3.92. The van der Waals surface area contributed by atoms with Crippen molar-refractivity contribution in [3.8, 4) is 0 Å². The lowest BCUT2D eigenvalue weighted by Gasteiger charge is -2.25. The molecule has 6 heteroatoms. The smallest absolute Gasteiger partial charge is 0.145 e. The van der Waals surface area contributed by atoms with E-state index in [-0.39, 0.29) is 6.10 Å². The number of aromatic nitrogens is 2. The van der Waals surface area contributed by atoms with E-state index in [2.05, 4.69) is 43.5 Å². The van der Waals surface area contributed by atoms with Gasteiger partial charge in [-0.3, -0.25) is 0 Å². The third-order valence-corrected chi connectivity index (χ3v) is 4.46. The highest BCUT2D eigenvalue weighted by molar-refractivity contribution is 9.10. The highest BCUT2D eigenvalue weighted by atomic mass is 79.9. The maximum absolute atomic E-state index is 9.52. The fourth-order valence-corrected chi connectivity index (χ4v) is 2.93. The number of hydrogen-bond acceptors (Lipinski definition) is 5. The molecule has 0 bridgehead atoms. The summed E-state index contributed by atoms with van der Waals surface area (Å²) in [7, 11) is 0. The SMILES string of the molecule is CCCNc1ncnc(NCC2CCC(O)CC2)c1Br. The van der Waals surface area contributed by atoms with Gasteiger partial charge in [-0.15, -0.1) is 0 Å². The van der Waals surface area contributed by atoms with E-state index in [4.69, 9.17) is 0 Å². The Labute approximate surface area is 128 Å². The lowest BCUT2D eigenvalue weighted by atomic mass is 9.87. The molecule has 20 heavy (non-hydrogen) atoms. The number of hydrogen-bond donors (Lipinski definition) is 3. The van der Waals surface area contributed by atoms with Crippen molar-refractivity contribution in [3.63, 3.8) is 0 Å². The van der Waals surface area contributed by atoms with Gasteiger partial charge in [-0.2, -0.15) is 0 Å². The fraction of sp³-hybridized carbons (Fsp3) is 0.714. The van der Waals surface area contributed by atoms with E-state index in [0.717, 1.165) is 61.3 Å². The van der Waals surface area contributed by atoms with Crippen LogP contribution < -0.4 is 10.6 Å². The van der Waals surface area contributed by atoms with Crippen molar-refractivity contribution in [2.24, 2.45) is 5.92 Å². The molecule has 0 spiro atoms. The Morgan fingerprint density at radius 2 is 1.85 bits per heavy atom. The molecule has 0 unspecified atom stereocenters. The highest BCUT2D eigenvalue weighted by Gasteiger charge is 2.19. The van der Waals surface area contributed by atoms with E-state index >= 15 is 0 Å². The van der Waals surface area contributed by atoms with Gasteiger partial charge in [-0.05, 0) is 54.0 Å². The Hall–Kier alpha value is -0.880. The molecule has 2 rings (SSSR count). The molecule has 1 aromatic rings. The van der Waals surface area contributed by atoms with Crippen LogP contribution in [0.25, 0.3) is 0 Å². The van der Waals surface area contributed by atoms with Crippen LogP contribution in [-0.4, -0.2) is 34.3 Å². The average molecular weight is 343 g/mol. The van der Waals surface area contributed by atoms with Crippen molar-refractivity contribution >= 4 is 27.6 Å². The molecular weight excluding hydrogens is 320 g/mol. The van der Waals surface area contributed by atoms with E-state index in [1.54, 1.807) is 6.33 Å². The van der Waals surface area contributed by atoms with E-state index in [9.17, 15) is 5.11 Å². The Kier molecular flexibility index (Phi) is 6.04. The first kappa shape index (κ1) is 15.5. The quantitative estimate of drug-likeness (QED) is 0.741. The minimum Gasteiger partial charge on any atom is -0.393 e. The van der Waals surface area contributed by atoms with Gasteiger partial charge in [0, 0.05) is 13.1 Å². The Morgan fingerprint density at radius 1 is 1.20 bits per heavy atom. The van der Waals surface area contributed by atoms with Crippen LogP contribution in [0.4, 0.5) is 11.6 Å². The molecule has 0 saturated heterocycles. The van der Waals surface area contributed by atoms with Gasteiger partial charge in [0.1, 0.15) is 22.4 Å². The molecule has 1 aliphatic rings. The number of aliphatic hydroxyl groups is 1. The van der Waals surface area contributed by atoms with Gasteiger partial charge in [0.2, 0.25) is 0 Å². The monoisotopic (exact) mass is 342 g/mol. The topological polar surface area (TPSA) is 70.1 Å². The number of nitrogens with zero attached hydrogens (tertiary/aromatic N) is 2. The van der Waals surface area contributed by atoms with Crippen LogP contribution in [0.1, 0.15) is 39.0 Å². The van der Waals surface area contributed by atoms with Crippen LogP contribution in [0.5, 0.6) is 0 Å². The molecule has 1 aromatic heterocycles. The average Bonchev–Trinajstić information content (AvgIpc) is 2.47. The zero-order chi connectivity index (χ0) is 14.4. The zero-order valence-corrected chi connectivity index (χ0v) is 13.5. The van der Waals surface area contributed by atoms with Crippen LogP contribution in [0.15, 0.2) is 10.8 Å². The summed E-state index contributed by atoms with van der Waals surface area (Å²) in [6, 6.07) is 0. The first-order valence-corrected chi connectivity index (χ1v) is 8.16.